The first kappa shape index (κ1) is 34.6. The lowest BCUT2D eigenvalue weighted by Crippen LogP contribution is -2.43. The number of hydrogen-bond acceptors (Lipinski definition) is 8. The van der Waals surface area contributed by atoms with Crippen LogP contribution in [-0.4, -0.2) is 87.3 Å². The van der Waals surface area contributed by atoms with E-state index >= 15 is 8.78 Å². The van der Waals surface area contributed by atoms with E-state index in [1.165, 1.54) is 44.2 Å². The molecule has 3 aliphatic rings. The van der Waals surface area contributed by atoms with Gasteiger partial charge in [-0.3, -0.25) is 9.69 Å². The summed E-state index contributed by atoms with van der Waals surface area (Å²) in [6.07, 6.45) is 12.9. The van der Waals surface area contributed by atoms with Gasteiger partial charge in [-0.05, 0) is 112 Å². The minimum atomic E-state index is -1.62. The van der Waals surface area contributed by atoms with Crippen molar-refractivity contribution >= 4 is 33.4 Å². The number of aliphatic hydroxyl groups is 1. The molecule has 4 aromatic rings. The molecule has 1 aromatic heterocycles. The Balaban J connectivity index is 1.44. The Kier molecular flexibility index (Phi) is 8.88. The van der Waals surface area contributed by atoms with Crippen LogP contribution < -0.4 is 9.64 Å². The number of fused-ring (bicyclic) bond motifs is 3. The normalized spacial score (nSPS) is 18.7. The molecule has 0 spiro atoms. The number of carbonyl (C=O) groups excluding carboxylic acids is 1. The van der Waals surface area contributed by atoms with Crippen LogP contribution in [0.4, 0.5) is 14.6 Å². The van der Waals surface area contributed by atoms with E-state index in [9.17, 15) is 15.0 Å². The summed E-state index contributed by atoms with van der Waals surface area (Å²) >= 11 is 0. The van der Waals surface area contributed by atoms with Crippen LogP contribution in [-0.2, 0) is 10.4 Å². The third kappa shape index (κ3) is 6.04. The molecule has 11 heteroatoms. The van der Waals surface area contributed by atoms with E-state index < -0.39 is 17.2 Å². The molecular weight excluding hydrogens is 652 g/mol. The molecule has 4 heterocycles. The SMILES string of the molecule is C#Cc1c(F)ccc2cc(O)cc(-c3c(C(C)(C)O)cc4c(N(C)C[C@@H]5CCCN5C(=O)C=C)nc(OCC56CCCN5CCC6)nc4c3F)c12. The molecule has 3 aliphatic heterocycles. The van der Waals surface area contributed by atoms with Crippen molar-refractivity contribution in [1.82, 2.24) is 19.8 Å². The second kappa shape index (κ2) is 13.1. The highest BCUT2D eigenvalue weighted by Crippen LogP contribution is 2.45. The number of benzene rings is 3. The van der Waals surface area contributed by atoms with Crippen molar-refractivity contribution in [3.05, 3.63) is 65.7 Å². The second-order valence-electron chi connectivity index (χ2n) is 14.7. The van der Waals surface area contributed by atoms with Gasteiger partial charge in [0.15, 0.2) is 5.82 Å². The predicted octanol–water partition coefficient (Wildman–Crippen LogP) is 6.26. The Bertz CT molecular complexity index is 2100. The van der Waals surface area contributed by atoms with Crippen LogP contribution in [0.3, 0.4) is 0 Å². The number of phenolic OH excluding ortho intramolecular Hbond substituents is 1. The van der Waals surface area contributed by atoms with Crippen LogP contribution in [0.1, 0.15) is 63.5 Å². The monoisotopic (exact) mass is 695 g/mol. The average molecular weight is 696 g/mol. The maximum absolute atomic E-state index is 17.6. The fourth-order valence-electron chi connectivity index (χ4n) is 8.55. The first-order valence-electron chi connectivity index (χ1n) is 17.6. The number of carbonyl (C=O) groups is 1. The number of phenols is 1. The van der Waals surface area contributed by atoms with Gasteiger partial charge in [0.1, 0.15) is 29.5 Å². The van der Waals surface area contributed by atoms with Gasteiger partial charge in [-0.25, -0.2) is 8.78 Å². The number of hydrogen-bond donors (Lipinski definition) is 2. The number of halogens is 2. The van der Waals surface area contributed by atoms with Crippen LogP contribution in [0.2, 0.25) is 0 Å². The number of likely N-dealkylation sites (N-methyl/N-ethyl adjacent to an activating group) is 1. The average Bonchev–Trinajstić information content (AvgIpc) is 3.83. The lowest BCUT2D eigenvalue weighted by Gasteiger charge is -2.32. The number of ether oxygens (including phenoxy) is 1. The summed E-state index contributed by atoms with van der Waals surface area (Å²) in [6.45, 7) is 10.1. The van der Waals surface area contributed by atoms with Gasteiger partial charge in [0.2, 0.25) is 5.91 Å². The number of anilines is 1. The fourth-order valence-corrected chi connectivity index (χ4v) is 8.55. The molecule has 1 atom stereocenters. The maximum Gasteiger partial charge on any atom is 0.319 e. The second-order valence-corrected chi connectivity index (χ2v) is 14.7. The third-order valence-corrected chi connectivity index (χ3v) is 11.0. The van der Waals surface area contributed by atoms with E-state index in [1.54, 1.807) is 11.0 Å². The molecule has 51 heavy (non-hydrogen) atoms. The Morgan fingerprint density at radius 2 is 1.92 bits per heavy atom. The number of terminal acetylenes is 1. The number of amides is 1. The van der Waals surface area contributed by atoms with Crippen LogP contribution in [0.25, 0.3) is 32.8 Å². The van der Waals surface area contributed by atoms with Crippen molar-refractivity contribution in [3.63, 3.8) is 0 Å². The molecule has 3 aromatic carbocycles. The van der Waals surface area contributed by atoms with E-state index in [0.29, 0.717) is 36.3 Å². The highest BCUT2D eigenvalue weighted by molar-refractivity contribution is 6.05. The maximum atomic E-state index is 17.6. The van der Waals surface area contributed by atoms with Crippen molar-refractivity contribution in [3.8, 4) is 35.2 Å². The molecule has 0 unspecified atom stereocenters. The molecule has 7 rings (SSSR count). The molecule has 2 N–H and O–H groups in total. The molecule has 0 aliphatic carbocycles. The van der Waals surface area contributed by atoms with E-state index in [0.717, 1.165) is 51.6 Å². The number of aromatic nitrogens is 2. The van der Waals surface area contributed by atoms with E-state index in [-0.39, 0.29) is 62.4 Å². The lowest BCUT2D eigenvalue weighted by atomic mass is 9.84. The van der Waals surface area contributed by atoms with Gasteiger partial charge < -0.3 is 24.7 Å². The topological polar surface area (TPSA) is 102 Å². The molecule has 9 nitrogen and oxygen atoms in total. The minimum absolute atomic E-state index is 0.0000880. The molecular formula is C40H43F2N5O4. The summed E-state index contributed by atoms with van der Waals surface area (Å²) in [5.74, 6) is 0.941. The first-order chi connectivity index (χ1) is 24.3. The molecule has 0 bridgehead atoms. The number of aromatic hydroxyl groups is 1. The fraction of sp³-hybridized carbons (Fsp3) is 0.425. The molecule has 3 saturated heterocycles. The van der Waals surface area contributed by atoms with E-state index in [1.807, 2.05) is 11.9 Å². The van der Waals surface area contributed by atoms with Gasteiger partial charge in [-0.2, -0.15) is 9.97 Å². The summed E-state index contributed by atoms with van der Waals surface area (Å²) in [5, 5.41) is 23.3. The van der Waals surface area contributed by atoms with Crippen molar-refractivity contribution < 1.29 is 28.5 Å². The van der Waals surface area contributed by atoms with Crippen LogP contribution in [0.15, 0.2) is 43.0 Å². The zero-order valence-electron chi connectivity index (χ0n) is 29.3. The Morgan fingerprint density at radius 1 is 1.18 bits per heavy atom. The smallest absolute Gasteiger partial charge is 0.319 e. The van der Waals surface area contributed by atoms with Crippen molar-refractivity contribution in [2.24, 2.45) is 0 Å². The lowest BCUT2D eigenvalue weighted by molar-refractivity contribution is -0.126. The van der Waals surface area contributed by atoms with Gasteiger partial charge >= 0.3 is 6.01 Å². The first-order valence-corrected chi connectivity index (χ1v) is 17.6. The zero-order chi connectivity index (χ0) is 36.2. The summed E-state index contributed by atoms with van der Waals surface area (Å²) < 4.78 is 39.1. The summed E-state index contributed by atoms with van der Waals surface area (Å²) in [5.41, 5.74) is -1.71. The summed E-state index contributed by atoms with van der Waals surface area (Å²) in [7, 11) is 1.83. The van der Waals surface area contributed by atoms with Gasteiger partial charge in [0.25, 0.3) is 0 Å². The van der Waals surface area contributed by atoms with Gasteiger partial charge in [-0.1, -0.05) is 18.6 Å². The highest BCUT2D eigenvalue weighted by Gasteiger charge is 2.45. The number of nitrogens with zero attached hydrogens (tertiary/aromatic N) is 5. The Morgan fingerprint density at radius 3 is 2.61 bits per heavy atom. The molecule has 3 fully saturated rings. The van der Waals surface area contributed by atoms with Gasteiger partial charge in [-0.15, -0.1) is 6.42 Å². The van der Waals surface area contributed by atoms with Crippen LogP contribution in [0, 0.1) is 24.0 Å². The molecule has 1 amide bonds. The summed E-state index contributed by atoms with van der Waals surface area (Å²) in [6, 6.07) is 6.94. The predicted molar refractivity (Wildman–Crippen MR) is 194 cm³/mol. The number of likely N-dealkylation sites (tertiary alicyclic amines) is 1. The third-order valence-electron chi connectivity index (χ3n) is 11.0. The Labute approximate surface area is 296 Å². The van der Waals surface area contributed by atoms with Gasteiger partial charge in [0.05, 0.1) is 16.7 Å². The quantitative estimate of drug-likeness (QED) is 0.156. The largest absolute Gasteiger partial charge is 0.508 e. The zero-order valence-corrected chi connectivity index (χ0v) is 29.3. The summed E-state index contributed by atoms with van der Waals surface area (Å²) in [4.78, 5) is 28.3. The standard InChI is InChI=1S/C40H43F2N5O4/c1-6-27-31(41)13-12-24-19-26(48)20-28(33(24)27)34-30(39(3,4)50)21-29-36(35(34)42)43-38(51-23-40-14-9-16-46(40)17-10-15-40)44-37(29)45(5)22-25-11-8-18-47(25)32(49)7-2/h1,7,12-13,19-21,25,48,50H,2,8-11,14-18,22-23H2,3-5H3/t25-/m0/s1. The highest BCUT2D eigenvalue weighted by atomic mass is 19.1. The van der Waals surface area contributed by atoms with Crippen molar-refractivity contribution in [2.75, 3.05) is 44.7 Å². The molecule has 266 valence electrons. The Hall–Kier alpha value is -4.79. The van der Waals surface area contributed by atoms with Gasteiger partial charge in [0, 0.05) is 42.5 Å². The van der Waals surface area contributed by atoms with Crippen molar-refractivity contribution in [1.29, 1.82) is 0 Å². The van der Waals surface area contributed by atoms with E-state index in [4.69, 9.17) is 16.1 Å². The van der Waals surface area contributed by atoms with E-state index in [2.05, 4.69) is 22.4 Å². The van der Waals surface area contributed by atoms with Crippen LogP contribution in [0.5, 0.6) is 11.8 Å². The van der Waals surface area contributed by atoms with Crippen LogP contribution >= 0.6 is 0 Å². The van der Waals surface area contributed by atoms with Crippen molar-refractivity contribution in [2.45, 2.75) is 69.6 Å². The number of rotatable bonds is 9. The molecule has 0 saturated carbocycles. The molecule has 0 radical (unpaired) electrons. The minimum Gasteiger partial charge on any atom is -0.508 e.